The molecule has 0 bridgehead atoms. The molecule has 1 aromatic carbocycles. The Morgan fingerprint density at radius 3 is 2.62 bits per heavy atom. The fourth-order valence-electron chi connectivity index (χ4n) is 3.34. The van der Waals surface area contributed by atoms with Crippen LogP contribution in [0.25, 0.3) is 11.0 Å². The Labute approximate surface area is 161 Å². The van der Waals surface area contributed by atoms with Gasteiger partial charge in [-0.25, -0.2) is 4.98 Å². The Hall–Kier alpha value is -1.31. The molecule has 2 aromatic rings. The van der Waals surface area contributed by atoms with Crippen LogP contribution in [0.15, 0.2) is 29.3 Å². The molecule has 0 spiro atoms. The molecule has 1 saturated carbocycles. The van der Waals surface area contributed by atoms with E-state index in [1.165, 1.54) is 25.7 Å². The van der Waals surface area contributed by atoms with Gasteiger partial charge < -0.3 is 15.2 Å². The highest BCUT2D eigenvalue weighted by atomic mass is 127. The number of hydrogen-bond donors (Lipinski definition) is 2. The van der Waals surface area contributed by atoms with Crippen molar-refractivity contribution in [3.05, 3.63) is 30.1 Å². The number of aliphatic imine (C=N–C) groups is 1. The number of nitrogens with zero attached hydrogens (tertiary/aromatic N) is 3. The predicted octanol–water partition coefficient (Wildman–Crippen LogP) is 3.44. The van der Waals surface area contributed by atoms with Crippen molar-refractivity contribution in [1.29, 1.82) is 0 Å². The second-order valence-electron chi connectivity index (χ2n) is 6.56. The summed E-state index contributed by atoms with van der Waals surface area (Å²) in [5.74, 6) is 1.87. The first-order valence-corrected chi connectivity index (χ1v) is 8.52. The third kappa shape index (κ3) is 3.84. The number of aryl methyl sites for hydroxylation is 1. The van der Waals surface area contributed by atoms with E-state index in [0.717, 1.165) is 29.4 Å². The smallest absolute Gasteiger partial charge is 0.191 e. The number of nitrogens with one attached hydrogen (secondary N) is 2. The molecule has 0 saturated heterocycles. The minimum atomic E-state index is 0. The molecule has 3 rings (SSSR count). The van der Waals surface area contributed by atoms with Crippen molar-refractivity contribution >= 4 is 41.0 Å². The molecule has 1 fully saturated rings. The van der Waals surface area contributed by atoms with E-state index >= 15 is 0 Å². The Bertz CT molecular complexity index is 697. The lowest BCUT2D eigenvalue weighted by molar-refractivity contribution is 0.131. The topological polar surface area (TPSA) is 54.2 Å². The number of guanidine groups is 1. The van der Waals surface area contributed by atoms with Crippen molar-refractivity contribution in [2.75, 3.05) is 13.6 Å². The van der Waals surface area contributed by atoms with Gasteiger partial charge in [0.2, 0.25) is 0 Å². The maximum absolute atomic E-state index is 4.69. The number of para-hydroxylation sites is 2. The van der Waals surface area contributed by atoms with E-state index in [1.54, 1.807) is 0 Å². The number of fused-ring (bicyclic) bond motifs is 1. The predicted molar refractivity (Wildman–Crippen MR) is 111 cm³/mol. The molecular formula is C18H28IN5. The Morgan fingerprint density at radius 2 is 2.04 bits per heavy atom. The average molecular weight is 441 g/mol. The molecule has 1 heterocycles. The van der Waals surface area contributed by atoms with Crippen LogP contribution in [0, 0.1) is 5.41 Å². The van der Waals surface area contributed by atoms with Gasteiger partial charge in [0, 0.05) is 20.6 Å². The molecule has 0 amide bonds. The van der Waals surface area contributed by atoms with E-state index in [0.29, 0.717) is 12.0 Å². The van der Waals surface area contributed by atoms with E-state index in [1.807, 2.05) is 25.2 Å². The third-order valence-electron chi connectivity index (χ3n) is 5.31. The standard InChI is InChI=1S/C18H27N5.HI/c1-4-18(10-7-11-18)13-21-17(19-2)20-12-16-22-14-8-5-6-9-15(14)23(16)3;/h5-6,8-9H,4,7,10-13H2,1-3H3,(H2,19,20,21);1H. The largest absolute Gasteiger partial charge is 0.356 e. The molecule has 0 radical (unpaired) electrons. The van der Waals surface area contributed by atoms with Crippen LogP contribution >= 0.6 is 24.0 Å². The summed E-state index contributed by atoms with van der Waals surface area (Å²) in [6.45, 7) is 3.96. The summed E-state index contributed by atoms with van der Waals surface area (Å²) in [6.07, 6.45) is 5.26. The lowest BCUT2D eigenvalue weighted by atomic mass is 9.67. The van der Waals surface area contributed by atoms with Crippen molar-refractivity contribution < 1.29 is 0 Å². The molecule has 24 heavy (non-hydrogen) atoms. The highest BCUT2D eigenvalue weighted by molar-refractivity contribution is 14.0. The lowest BCUT2D eigenvalue weighted by Gasteiger charge is -2.41. The van der Waals surface area contributed by atoms with E-state index < -0.39 is 0 Å². The second-order valence-corrected chi connectivity index (χ2v) is 6.56. The van der Waals surface area contributed by atoms with Crippen LogP contribution in [-0.4, -0.2) is 29.1 Å². The number of aromatic nitrogens is 2. The van der Waals surface area contributed by atoms with Gasteiger partial charge in [0.25, 0.3) is 0 Å². The SMILES string of the molecule is CCC1(CNC(=NC)NCc2nc3ccccc3n2C)CCC1.I. The van der Waals surface area contributed by atoms with Crippen molar-refractivity contribution in [3.63, 3.8) is 0 Å². The van der Waals surface area contributed by atoms with Gasteiger partial charge >= 0.3 is 0 Å². The van der Waals surface area contributed by atoms with E-state index in [-0.39, 0.29) is 24.0 Å². The summed E-state index contributed by atoms with van der Waals surface area (Å²) < 4.78 is 2.13. The van der Waals surface area contributed by atoms with Gasteiger partial charge in [0.05, 0.1) is 17.6 Å². The van der Waals surface area contributed by atoms with Gasteiger partial charge in [0.15, 0.2) is 5.96 Å². The highest BCUT2D eigenvalue weighted by Gasteiger charge is 2.34. The first kappa shape index (κ1) is 19.0. The molecule has 5 nitrogen and oxygen atoms in total. The monoisotopic (exact) mass is 441 g/mol. The number of rotatable bonds is 5. The van der Waals surface area contributed by atoms with E-state index in [2.05, 4.69) is 45.2 Å². The number of halogens is 1. The summed E-state index contributed by atoms with van der Waals surface area (Å²) in [5.41, 5.74) is 2.68. The molecule has 1 aliphatic carbocycles. The quantitative estimate of drug-likeness (QED) is 0.425. The van der Waals surface area contributed by atoms with Crippen LogP contribution in [0.2, 0.25) is 0 Å². The zero-order valence-electron chi connectivity index (χ0n) is 14.8. The van der Waals surface area contributed by atoms with Gasteiger partial charge in [0.1, 0.15) is 5.82 Å². The first-order valence-electron chi connectivity index (χ1n) is 8.52. The minimum Gasteiger partial charge on any atom is -0.356 e. The molecular weight excluding hydrogens is 413 g/mol. The van der Waals surface area contributed by atoms with Crippen LogP contribution in [0.4, 0.5) is 0 Å². The highest BCUT2D eigenvalue weighted by Crippen LogP contribution is 2.42. The van der Waals surface area contributed by atoms with Gasteiger partial charge in [-0.15, -0.1) is 24.0 Å². The van der Waals surface area contributed by atoms with Crippen molar-refractivity contribution in [3.8, 4) is 0 Å². The fraction of sp³-hybridized carbons (Fsp3) is 0.556. The molecule has 2 N–H and O–H groups in total. The zero-order valence-corrected chi connectivity index (χ0v) is 17.1. The van der Waals surface area contributed by atoms with Crippen LogP contribution in [0.3, 0.4) is 0 Å². The van der Waals surface area contributed by atoms with Crippen LogP contribution in [-0.2, 0) is 13.6 Å². The summed E-state index contributed by atoms with van der Waals surface area (Å²) in [7, 11) is 3.88. The maximum Gasteiger partial charge on any atom is 0.191 e. The molecule has 0 atom stereocenters. The molecule has 132 valence electrons. The zero-order chi connectivity index (χ0) is 16.3. The molecule has 0 aliphatic heterocycles. The van der Waals surface area contributed by atoms with Crippen LogP contribution < -0.4 is 10.6 Å². The summed E-state index contributed by atoms with van der Waals surface area (Å²) >= 11 is 0. The van der Waals surface area contributed by atoms with Crippen LogP contribution in [0.5, 0.6) is 0 Å². The van der Waals surface area contributed by atoms with E-state index in [4.69, 9.17) is 0 Å². The lowest BCUT2D eigenvalue weighted by Crippen LogP contribution is -2.46. The van der Waals surface area contributed by atoms with Crippen molar-refractivity contribution in [1.82, 2.24) is 20.2 Å². The van der Waals surface area contributed by atoms with Crippen molar-refractivity contribution in [2.45, 2.75) is 39.2 Å². The number of hydrogen-bond acceptors (Lipinski definition) is 2. The van der Waals surface area contributed by atoms with E-state index in [9.17, 15) is 0 Å². The normalized spacial score (nSPS) is 16.4. The number of benzene rings is 1. The minimum absolute atomic E-state index is 0. The van der Waals surface area contributed by atoms with Gasteiger partial charge in [-0.3, -0.25) is 4.99 Å². The second kappa shape index (κ2) is 8.18. The molecule has 0 unspecified atom stereocenters. The van der Waals surface area contributed by atoms with Crippen LogP contribution in [0.1, 0.15) is 38.4 Å². The molecule has 1 aromatic heterocycles. The first-order chi connectivity index (χ1) is 11.2. The average Bonchev–Trinajstić information content (AvgIpc) is 2.86. The van der Waals surface area contributed by atoms with Gasteiger partial charge in [-0.1, -0.05) is 25.5 Å². The summed E-state index contributed by atoms with van der Waals surface area (Å²) in [6, 6.07) is 8.22. The van der Waals surface area contributed by atoms with Crippen molar-refractivity contribution in [2.24, 2.45) is 17.5 Å². The maximum atomic E-state index is 4.69. The molecule has 1 aliphatic rings. The van der Waals surface area contributed by atoms with Gasteiger partial charge in [-0.2, -0.15) is 0 Å². The summed E-state index contributed by atoms with van der Waals surface area (Å²) in [5, 5.41) is 6.88. The molecule has 6 heteroatoms. The van der Waals surface area contributed by atoms with Gasteiger partial charge in [-0.05, 0) is 36.8 Å². The Morgan fingerprint density at radius 1 is 1.29 bits per heavy atom. The number of imidazole rings is 1. The fourth-order valence-corrected chi connectivity index (χ4v) is 3.34. The Balaban J connectivity index is 0.00000208. The summed E-state index contributed by atoms with van der Waals surface area (Å²) in [4.78, 5) is 9.03. The third-order valence-corrected chi connectivity index (χ3v) is 5.31. The Kier molecular flexibility index (Phi) is 6.48.